The molecule has 174 valence electrons. The first kappa shape index (κ1) is 23.9. The number of hydrogen-bond acceptors (Lipinski definition) is 4. The number of anilines is 1. The van der Waals surface area contributed by atoms with Crippen LogP contribution < -0.4 is 20.3 Å². The Morgan fingerprint density at radius 3 is 2.56 bits per heavy atom. The minimum atomic E-state index is 0.0231. The molecule has 1 fully saturated rings. The molecule has 0 aliphatic carbocycles. The van der Waals surface area contributed by atoms with E-state index < -0.39 is 0 Å². The fourth-order valence-electron chi connectivity index (χ4n) is 3.90. The van der Waals surface area contributed by atoms with Gasteiger partial charge >= 0.3 is 0 Å². The van der Waals surface area contributed by atoms with Gasteiger partial charge in [-0.25, -0.2) is 4.99 Å². The van der Waals surface area contributed by atoms with Crippen molar-refractivity contribution in [2.24, 2.45) is 10.9 Å². The molecule has 0 amide bonds. The van der Waals surface area contributed by atoms with Crippen LogP contribution in [0.1, 0.15) is 37.8 Å². The molecule has 0 aromatic heterocycles. The Labute approximate surface area is 192 Å². The fraction of sp³-hybridized carbons (Fsp3) is 0.500. The maximum atomic E-state index is 9.32. The summed E-state index contributed by atoms with van der Waals surface area (Å²) in [5, 5.41) is 16.0. The number of guanidine groups is 1. The van der Waals surface area contributed by atoms with E-state index in [0.29, 0.717) is 25.6 Å². The third kappa shape index (κ3) is 7.45. The lowest BCUT2D eigenvalue weighted by atomic mass is 9.97. The van der Waals surface area contributed by atoms with Crippen LogP contribution >= 0.6 is 0 Å². The van der Waals surface area contributed by atoms with E-state index in [2.05, 4.69) is 66.6 Å². The fourth-order valence-corrected chi connectivity index (χ4v) is 3.90. The van der Waals surface area contributed by atoms with E-state index in [-0.39, 0.29) is 6.10 Å². The Hall–Kier alpha value is -2.73. The number of nitrogens with zero attached hydrogens (tertiary/aromatic N) is 2. The minimum Gasteiger partial charge on any atom is -0.489 e. The van der Waals surface area contributed by atoms with Gasteiger partial charge in [-0.05, 0) is 74.9 Å². The SMILES string of the molecule is CCNC(=NCc1ccc(N2CCC(CO)CC2)cc1)NCC(C)Oc1cccc(C)c1. The van der Waals surface area contributed by atoms with Gasteiger partial charge in [0.2, 0.25) is 0 Å². The highest BCUT2D eigenvalue weighted by Crippen LogP contribution is 2.23. The number of nitrogens with one attached hydrogen (secondary N) is 2. The summed E-state index contributed by atoms with van der Waals surface area (Å²) < 4.78 is 6.01. The van der Waals surface area contributed by atoms with Crippen LogP contribution in [-0.4, -0.2) is 50.0 Å². The Morgan fingerprint density at radius 1 is 1.16 bits per heavy atom. The van der Waals surface area contributed by atoms with E-state index in [0.717, 1.165) is 44.2 Å². The van der Waals surface area contributed by atoms with Gasteiger partial charge in [0.15, 0.2) is 5.96 Å². The molecule has 1 heterocycles. The molecule has 1 aliphatic heterocycles. The topological polar surface area (TPSA) is 69.1 Å². The third-order valence-electron chi connectivity index (χ3n) is 5.82. The molecule has 0 bridgehead atoms. The molecular weight excluding hydrogens is 400 g/mol. The largest absolute Gasteiger partial charge is 0.489 e. The van der Waals surface area contributed by atoms with E-state index in [4.69, 9.17) is 9.73 Å². The van der Waals surface area contributed by atoms with Crippen LogP contribution in [0.25, 0.3) is 0 Å². The lowest BCUT2D eigenvalue weighted by Crippen LogP contribution is -2.41. The van der Waals surface area contributed by atoms with Gasteiger partial charge in [-0.2, -0.15) is 0 Å². The first-order chi connectivity index (χ1) is 15.6. The van der Waals surface area contributed by atoms with Crippen molar-refractivity contribution in [3.8, 4) is 5.75 Å². The van der Waals surface area contributed by atoms with Crippen molar-refractivity contribution in [3.63, 3.8) is 0 Å². The standard InChI is InChI=1S/C26H38N4O2/c1-4-27-26(28-17-21(3)32-25-7-5-6-20(2)16-25)29-18-22-8-10-24(11-9-22)30-14-12-23(19-31)13-15-30/h5-11,16,21,23,31H,4,12-15,17-19H2,1-3H3,(H2,27,28,29). The normalized spacial score (nSPS) is 16.0. The van der Waals surface area contributed by atoms with Crippen LogP contribution in [0.2, 0.25) is 0 Å². The average molecular weight is 439 g/mol. The van der Waals surface area contributed by atoms with Gasteiger partial charge in [-0.3, -0.25) is 0 Å². The van der Waals surface area contributed by atoms with Gasteiger partial charge in [0.05, 0.1) is 13.1 Å². The second kappa shape index (κ2) is 12.3. The zero-order valence-corrected chi connectivity index (χ0v) is 19.7. The van der Waals surface area contributed by atoms with Crippen molar-refractivity contribution in [1.29, 1.82) is 0 Å². The average Bonchev–Trinajstić information content (AvgIpc) is 2.81. The summed E-state index contributed by atoms with van der Waals surface area (Å²) in [4.78, 5) is 7.14. The number of ether oxygens (including phenoxy) is 1. The van der Waals surface area contributed by atoms with E-state index in [1.165, 1.54) is 16.8 Å². The van der Waals surface area contributed by atoms with Crippen LogP contribution in [0.15, 0.2) is 53.5 Å². The van der Waals surface area contributed by atoms with Gasteiger partial charge in [0, 0.05) is 31.9 Å². The number of rotatable bonds is 9. The highest BCUT2D eigenvalue weighted by molar-refractivity contribution is 5.79. The van der Waals surface area contributed by atoms with Gasteiger partial charge < -0.3 is 25.4 Å². The molecule has 0 saturated carbocycles. The molecule has 1 unspecified atom stereocenters. The molecule has 3 rings (SSSR count). The second-order valence-corrected chi connectivity index (χ2v) is 8.60. The van der Waals surface area contributed by atoms with Crippen LogP contribution in [-0.2, 0) is 6.54 Å². The zero-order chi connectivity index (χ0) is 22.8. The van der Waals surface area contributed by atoms with Crippen molar-refractivity contribution in [2.45, 2.75) is 46.3 Å². The summed E-state index contributed by atoms with van der Waals surface area (Å²) in [5.74, 6) is 2.14. The van der Waals surface area contributed by atoms with Crippen molar-refractivity contribution in [1.82, 2.24) is 10.6 Å². The number of aliphatic hydroxyl groups excluding tert-OH is 1. The summed E-state index contributed by atoms with van der Waals surface area (Å²) >= 11 is 0. The van der Waals surface area contributed by atoms with Crippen LogP contribution in [0.3, 0.4) is 0 Å². The van der Waals surface area contributed by atoms with Crippen molar-refractivity contribution in [3.05, 3.63) is 59.7 Å². The molecule has 1 saturated heterocycles. The Morgan fingerprint density at radius 2 is 1.91 bits per heavy atom. The first-order valence-electron chi connectivity index (χ1n) is 11.8. The highest BCUT2D eigenvalue weighted by Gasteiger charge is 2.18. The molecule has 6 heteroatoms. The summed E-state index contributed by atoms with van der Waals surface area (Å²) in [7, 11) is 0. The van der Waals surface area contributed by atoms with E-state index >= 15 is 0 Å². The van der Waals surface area contributed by atoms with Crippen molar-refractivity contribution >= 4 is 11.6 Å². The number of aryl methyl sites for hydroxylation is 1. The summed E-state index contributed by atoms with van der Waals surface area (Å²) in [6.07, 6.45) is 2.15. The Kier molecular flexibility index (Phi) is 9.23. The van der Waals surface area contributed by atoms with E-state index in [9.17, 15) is 5.11 Å². The second-order valence-electron chi connectivity index (χ2n) is 8.60. The number of piperidine rings is 1. The predicted molar refractivity (Wildman–Crippen MR) is 133 cm³/mol. The number of aliphatic hydroxyl groups is 1. The van der Waals surface area contributed by atoms with Gasteiger partial charge in [-0.1, -0.05) is 24.3 Å². The van der Waals surface area contributed by atoms with Crippen LogP contribution in [0, 0.1) is 12.8 Å². The quantitative estimate of drug-likeness (QED) is 0.411. The number of benzene rings is 2. The molecule has 0 spiro atoms. The molecule has 2 aromatic rings. The third-order valence-corrected chi connectivity index (χ3v) is 5.82. The lowest BCUT2D eigenvalue weighted by Gasteiger charge is -2.32. The zero-order valence-electron chi connectivity index (χ0n) is 19.7. The lowest BCUT2D eigenvalue weighted by molar-refractivity contribution is 0.203. The van der Waals surface area contributed by atoms with E-state index in [1.807, 2.05) is 18.2 Å². The Bertz CT molecular complexity index is 845. The van der Waals surface area contributed by atoms with Crippen LogP contribution in [0.5, 0.6) is 5.75 Å². The van der Waals surface area contributed by atoms with Crippen molar-refractivity contribution in [2.75, 3.05) is 37.7 Å². The predicted octanol–water partition coefficient (Wildman–Crippen LogP) is 3.73. The maximum Gasteiger partial charge on any atom is 0.191 e. The maximum absolute atomic E-state index is 9.32. The Balaban J connectivity index is 1.49. The van der Waals surface area contributed by atoms with Crippen molar-refractivity contribution < 1.29 is 9.84 Å². The smallest absolute Gasteiger partial charge is 0.191 e. The van der Waals surface area contributed by atoms with Gasteiger partial charge in [0.25, 0.3) is 0 Å². The summed E-state index contributed by atoms with van der Waals surface area (Å²) in [6, 6.07) is 16.8. The summed E-state index contributed by atoms with van der Waals surface area (Å²) in [6.45, 7) is 10.6. The first-order valence-corrected chi connectivity index (χ1v) is 11.8. The van der Waals surface area contributed by atoms with Gasteiger partial charge in [-0.15, -0.1) is 0 Å². The molecule has 0 radical (unpaired) electrons. The molecule has 1 atom stereocenters. The minimum absolute atomic E-state index is 0.0231. The molecule has 3 N–H and O–H groups in total. The molecule has 6 nitrogen and oxygen atoms in total. The van der Waals surface area contributed by atoms with Gasteiger partial charge in [0.1, 0.15) is 11.9 Å². The van der Waals surface area contributed by atoms with E-state index in [1.54, 1.807) is 0 Å². The molecule has 2 aromatic carbocycles. The molecular formula is C26H38N4O2. The summed E-state index contributed by atoms with van der Waals surface area (Å²) in [5.41, 5.74) is 3.62. The van der Waals surface area contributed by atoms with Crippen LogP contribution in [0.4, 0.5) is 5.69 Å². The molecule has 32 heavy (non-hydrogen) atoms. The highest BCUT2D eigenvalue weighted by atomic mass is 16.5. The monoisotopic (exact) mass is 438 g/mol. The molecule has 1 aliphatic rings. The number of aliphatic imine (C=N–C) groups is 1. The number of hydrogen-bond donors (Lipinski definition) is 3.